The van der Waals surface area contributed by atoms with Crippen LogP contribution in [-0.4, -0.2) is 35.5 Å². The second-order valence-corrected chi connectivity index (χ2v) is 4.40. The number of likely N-dealkylation sites (N-methyl/N-ethyl adjacent to an activating group) is 1. The number of hydrogen-bond acceptors (Lipinski definition) is 5. The van der Waals surface area contributed by atoms with Crippen molar-refractivity contribution in [3.05, 3.63) is 24.3 Å². The number of nitrogens with two attached hydrogens (primary N) is 1. The van der Waals surface area contributed by atoms with Gasteiger partial charge in [-0.3, -0.25) is 4.79 Å². The molecule has 0 aliphatic carbocycles. The first-order valence-electron chi connectivity index (χ1n) is 6.69. The van der Waals surface area contributed by atoms with Crippen LogP contribution in [-0.2, 0) is 4.79 Å². The summed E-state index contributed by atoms with van der Waals surface area (Å²) in [6, 6.07) is 7.74. The Balaban J connectivity index is 2.55. The van der Waals surface area contributed by atoms with Gasteiger partial charge in [0.2, 0.25) is 11.9 Å². The van der Waals surface area contributed by atoms with Crippen LogP contribution in [0.1, 0.15) is 13.8 Å². The second kappa shape index (κ2) is 6.18. The van der Waals surface area contributed by atoms with Crippen molar-refractivity contribution in [3.63, 3.8) is 0 Å². The van der Waals surface area contributed by atoms with E-state index >= 15 is 0 Å². The predicted molar refractivity (Wildman–Crippen MR) is 80.8 cm³/mol. The van der Waals surface area contributed by atoms with E-state index in [4.69, 9.17) is 5.73 Å². The Kier molecular flexibility index (Phi) is 4.34. The number of hydrogen-bond donors (Lipinski definition) is 2. The van der Waals surface area contributed by atoms with Gasteiger partial charge >= 0.3 is 0 Å². The Morgan fingerprint density at radius 2 is 2.05 bits per heavy atom. The molecule has 6 heteroatoms. The predicted octanol–water partition coefficient (Wildman–Crippen LogP) is 1.37. The van der Waals surface area contributed by atoms with Crippen LogP contribution >= 0.6 is 0 Å². The van der Waals surface area contributed by atoms with Crippen LogP contribution in [0.25, 0.3) is 10.9 Å². The van der Waals surface area contributed by atoms with Crippen molar-refractivity contribution in [1.82, 2.24) is 9.97 Å². The number of para-hydroxylation sites is 1. The van der Waals surface area contributed by atoms with Crippen LogP contribution in [0.4, 0.5) is 11.8 Å². The first-order valence-corrected chi connectivity index (χ1v) is 6.69. The molecule has 0 fully saturated rings. The fourth-order valence-corrected chi connectivity index (χ4v) is 2.06. The van der Waals surface area contributed by atoms with Gasteiger partial charge in [0.15, 0.2) is 0 Å². The smallest absolute Gasteiger partial charge is 0.236 e. The molecule has 1 heterocycles. The molecule has 6 nitrogen and oxygen atoms in total. The number of rotatable bonds is 6. The molecule has 0 aliphatic heterocycles. The van der Waals surface area contributed by atoms with E-state index in [2.05, 4.69) is 15.3 Å². The van der Waals surface area contributed by atoms with Gasteiger partial charge in [0.25, 0.3) is 0 Å². The number of amides is 1. The third-order valence-corrected chi connectivity index (χ3v) is 2.95. The molecule has 0 saturated carbocycles. The Morgan fingerprint density at radius 1 is 1.30 bits per heavy atom. The zero-order valence-electron chi connectivity index (χ0n) is 11.8. The molecule has 0 atom stereocenters. The summed E-state index contributed by atoms with van der Waals surface area (Å²) in [5.74, 6) is 0.913. The lowest BCUT2D eigenvalue weighted by atomic mass is 10.2. The number of aromatic nitrogens is 2. The molecule has 0 aliphatic rings. The molecule has 1 aromatic carbocycles. The van der Waals surface area contributed by atoms with Crippen LogP contribution < -0.4 is 16.0 Å². The van der Waals surface area contributed by atoms with Gasteiger partial charge in [-0.1, -0.05) is 12.1 Å². The number of primary amides is 1. The van der Waals surface area contributed by atoms with E-state index in [1.165, 1.54) is 0 Å². The highest BCUT2D eigenvalue weighted by Crippen LogP contribution is 2.24. The van der Waals surface area contributed by atoms with Crippen molar-refractivity contribution in [3.8, 4) is 0 Å². The molecule has 0 bridgehead atoms. The lowest BCUT2D eigenvalue weighted by molar-refractivity contribution is -0.116. The molecule has 2 aromatic rings. The van der Waals surface area contributed by atoms with Gasteiger partial charge in [0.1, 0.15) is 5.82 Å². The van der Waals surface area contributed by atoms with Gasteiger partial charge in [-0.05, 0) is 26.0 Å². The quantitative estimate of drug-likeness (QED) is 0.830. The number of carbonyl (C=O) groups excluding carboxylic acids is 1. The summed E-state index contributed by atoms with van der Waals surface area (Å²) in [4.78, 5) is 22.0. The minimum atomic E-state index is -0.375. The van der Waals surface area contributed by atoms with E-state index in [1.54, 1.807) is 0 Å². The standard InChI is InChI=1S/C14H19N5O/c1-3-16-14-17-11-8-6-5-7-10(11)13(18-14)19(4-2)9-12(15)20/h5-8H,3-4,9H2,1-2H3,(H2,15,20)(H,16,17,18). The third-order valence-electron chi connectivity index (χ3n) is 2.95. The Hall–Kier alpha value is -2.37. The summed E-state index contributed by atoms with van der Waals surface area (Å²) in [6.07, 6.45) is 0. The van der Waals surface area contributed by atoms with Crippen molar-refractivity contribution in [1.29, 1.82) is 0 Å². The highest BCUT2D eigenvalue weighted by atomic mass is 16.1. The van der Waals surface area contributed by atoms with Gasteiger partial charge in [-0.15, -0.1) is 0 Å². The van der Waals surface area contributed by atoms with Crippen molar-refractivity contribution >= 4 is 28.6 Å². The number of nitrogens with one attached hydrogen (secondary N) is 1. The minimum Gasteiger partial charge on any atom is -0.368 e. The maximum atomic E-state index is 11.2. The highest BCUT2D eigenvalue weighted by Gasteiger charge is 2.14. The average molecular weight is 273 g/mol. The normalized spacial score (nSPS) is 10.5. The van der Waals surface area contributed by atoms with E-state index in [9.17, 15) is 4.79 Å². The summed E-state index contributed by atoms with van der Waals surface area (Å²) in [5.41, 5.74) is 6.15. The summed E-state index contributed by atoms with van der Waals surface area (Å²) in [7, 11) is 0. The first-order chi connectivity index (χ1) is 9.65. The van der Waals surface area contributed by atoms with Crippen molar-refractivity contribution in [2.75, 3.05) is 29.9 Å². The number of anilines is 2. The molecule has 1 amide bonds. The van der Waals surface area contributed by atoms with Crippen LogP contribution in [0.2, 0.25) is 0 Å². The molecule has 20 heavy (non-hydrogen) atoms. The minimum absolute atomic E-state index is 0.142. The van der Waals surface area contributed by atoms with Crippen molar-refractivity contribution < 1.29 is 4.79 Å². The van der Waals surface area contributed by atoms with Crippen LogP contribution in [0, 0.1) is 0 Å². The van der Waals surface area contributed by atoms with Crippen LogP contribution in [0.3, 0.4) is 0 Å². The molecule has 0 saturated heterocycles. The van der Waals surface area contributed by atoms with E-state index in [-0.39, 0.29) is 12.5 Å². The van der Waals surface area contributed by atoms with E-state index in [1.807, 2.05) is 43.0 Å². The fourth-order valence-electron chi connectivity index (χ4n) is 2.06. The van der Waals surface area contributed by atoms with Crippen molar-refractivity contribution in [2.24, 2.45) is 5.73 Å². The number of nitrogens with zero attached hydrogens (tertiary/aromatic N) is 3. The third kappa shape index (κ3) is 2.96. The second-order valence-electron chi connectivity index (χ2n) is 4.40. The summed E-state index contributed by atoms with van der Waals surface area (Å²) in [5, 5.41) is 4.02. The molecule has 1 aromatic heterocycles. The zero-order valence-corrected chi connectivity index (χ0v) is 11.8. The van der Waals surface area contributed by atoms with E-state index < -0.39 is 0 Å². The largest absolute Gasteiger partial charge is 0.368 e. The lowest BCUT2D eigenvalue weighted by Gasteiger charge is -2.22. The average Bonchev–Trinajstić information content (AvgIpc) is 2.44. The van der Waals surface area contributed by atoms with Gasteiger partial charge in [-0.2, -0.15) is 4.98 Å². The number of fused-ring (bicyclic) bond motifs is 1. The maximum Gasteiger partial charge on any atom is 0.236 e. The molecule has 2 rings (SSSR count). The molecule has 106 valence electrons. The van der Waals surface area contributed by atoms with E-state index in [0.29, 0.717) is 12.5 Å². The Morgan fingerprint density at radius 3 is 2.70 bits per heavy atom. The van der Waals surface area contributed by atoms with Gasteiger partial charge in [0, 0.05) is 18.5 Å². The first kappa shape index (κ1) is 14.0. The zero-order chi connectivity index (χ0) is 14.5. The fraction of sp³-hybridized carbons (Fsp3) is 0.357. The van der Waals surface area contributed by atoms with Gasteiger partial charge in [0.05, 0.1) is 12.1 Å². The molecule has 0 radical (unpaired) electrons. The van der Waals surface area contributed by atoms with Gasteiger partial charge < -0.3 is 16.0 Å². The van der Waals surface area contributed by atoms with Gasteiger partial charge in [-0.25, -0.2) is 4.98 Å². The van der Waals surface area contributed by atoms with Crippen molar-refractivity contribution in [2.45, 2.75) is 13.8 Å². The molecular formula is C14H19N5O. The highest BCUT2D eigenvalue weighted by molar-refractivity contribution is 5.92. The Bertz CT molecular complexity index is 614. The number of carbonyl (C=O) groups is 1. The maximum absolute atomic E-state index is 11.2. The monoisotopic (exact) mass is 273 g/mol. The molecule has 0 unspecified atom stereocenters. The molecule has 0 spiro atoms. The summed E-state index contributed by atoms with van der Waals surface area (Å²) >= 11 is 0. The van der Waals surface area contributed by atoms with Crippen LogP contribution in [0.15, 0.2) is 24.3 Å². The van der Waals surface area contributed by atoms with Crippen LogP contribution in [0.5, 0.6) is 0 Å². The lowest BCUT2D eigenvalue weighted by Crippen LogP contribution is -2.34. The summed E-state index contributed by atoms with van der Waals surface area (Å²) in [6.45, 7) is 5.48. The molecular weight excluding hydrogens is 254 g/mol. The topological polar surface area (TPSA) is 84.1 Å². The Labute approximate surface area is 118 Å². The van der Waals surface area contributed by atoms with E-state index in [0.717, 1.165) is 23.3 Å². The molecule has 3 N–H and O–H groups in total. The summed E-state index contributed by atoms with van der Waals surface area (Å²) < 4.78 is 0. The SMILES string of the molecule is CCNc1nc(N(CC)CC(N)=O)c2ccccc2n1. The number of benzene rings is 1.